The molecule has 2 rings (SSSR count). The Kier molecular flexibility index (Phi) is 4.29. The lowest BCUT2D eigenvalue weighted by Gasteiger charge is -2.19. The lowest BCUT2D eigenvalue weighted by atomic mass is 9.86. The smallest absolute Gasteiger partial charge is 0.251 e. The van der Waals surface area contributed by atoms with Crippen molar-refractivity contribution in [2.45, 2.75) is 39.2 Å². The Labute approximate surface area is 124 Å². The summed E-state index contributed by atoms with van der Waals surface area (Å²) in [6, 6.07) is 12.0. The van der Waals surface area contributed by atoms with Crippen LogP contribution < -0.4 is 5.32 Å². The van der Waals surface area contributed by atoms with Crippen LogP contribution in [0.1, 0.15) is 54.5 Å². The first-order chi connectivity index (χ1) is 9.38. The maximum Gasteiger partial charge on any atom is 0.251 e. The zero-order valence-electron chi connectivity index (χ0n) is 12.4. The van der Waals surface area contributed by atoms with Gasteiger partial charge in [0, 0.05) is 10.4 Å². The van der Waals surface area contributed by atoms with Crippen molar-refractivity contribution in [2.24, 2.45) is 0 Å². The number of thiophene rings is 1. The van der Waals surface area contributed by atoms with Crippen LogP contribution in [0.5, 0.6) is 0 Å². The molecule has 3 heteroatoms. The third kappa shape index (κ3) is 3.48. The first kappa shape index (κ1) is 14.8. The lowest BCUT2D eigenvalue weighted by molar-refractivity contribution is 0.0940. The van der Waals surface area contributed by atoms with Gasteiger partial charge in [-0.1, -0.05) is 39.0 Å². The molecule has 1 aromatic carbocycles. The summed E-state index contributed by atoms with van der Waals surface area (Å²) in [6.45, 7) is 8.51. The summed E-state index contributed by atoms with van der Waals surface area (Å²) in [5.41, 5.74) is 2.06. The zero-order chi connectivity index (χ0) is 14.8. The van der Waals surface area contributed by atoms with Crippen molar-refractivity contribution >= 4 is 17.2 Å². The number of carbonyl (C=O) groups excluding carboxylic acids is 1. The van der Waals surface area contributed by atoms with Crippen molar-refractivity contribution in [2.75, 3.05) is 0 Å². The van der Waals surface area contributed by atoms with Crippen molar-refractivity contribution in [3.63, 3.8) is 0 Å². The average Bonchev–Trinajstić information content (AvgIpc) is 2.91. The Bertz CT molecular complexity index is 564. The zero-order valence-corrected chi connectivity index (χ0v) is 13.3. The molecule has 1 amide bonds. The van der Waals surface area contributed by atoms with E-state index in [1.807, 2.05) is 48.7 Å². The molecule has 0 unspecified atom stereocenters. The van der Waals surface area contributed by atoms with Crippen molar-refractivity contribution in [1.29, 1.82) is 0 Å². The summed E-state index contributed by atoms with van der Waals surface area (Å²) in [5.74, 6) is -0.0219. The Morgan fingerprint density at radius 1 is 1.15 bits per heavy atom. The van der Waals surface area contributed by atoms with Crippen molar-refractivity contribution in [3.05, 3.63) is 57.8 Å². The second-order valence-corrected chi connectivity index (χ2v) is 7.02. The highest BCUT2D eigenvalue weighted by atomic mass is 32.1. The molecule has 0 aliphatic carbocycles. The molecule has 0 bridgehead atoms. The number of amides is 1. The SMILES string of the molecule is C[C@@H](NC(=O)c1ccc(C(C)(C)C)cc1)c1cccs1. The van der Waals surface area contributed by atoms with Crippen LogP contribution >= 0.6 is 11.3 Å². The highest BCUT2D eigenvalue weighted by molar-refractivity contribution is 7.10. The van der Waals surface area contributed by atoms with Crippen LogP contribution in [0.15, 0.2) is 41.8 Å². The molecule has 1 aromatic heterocycles. The third-order valence-corrected chi connectivity index (χ3v) is 4.39. The van der Waals surface area contributed by atoms with Gasteiger partial charge in [-0.3, -0.25) is 4.79 Å². The predicted molar refractivity (Wildman–Crippen MR) is 85.3 cm³/mol. The van der Waals surface area contributed by atoms with E-state index in [4.69, 9.17) is 0 Å². The van der Waals surface area contributed by atoms with E-state index in [9.17, 15) is 4.79 Å². The van der Waals surface area contributed by atoms with Crippen molar-refractivity contribution in [1.82, 2.24) is 5.32 Å². The predicted octanol–water partition coefficient (Wildman–Crippen LogP) is 4.54. The van der Waals surface area contributed by atoms with E-state index in [2.05, 4.69) is 26.1 Å². The summed E-state index contributed by atoms with van der Waals surface area (Å²) >= 11 is 1.66. The quantitative estimate of drug-likeness (QED) is 0.882. The molecule has 20 heavy (non-hydrogen) atoms. The molecule has 0 radical (unpaired) electrons. The van der Waals surface area contributed by atoms with Crippen LogP contribution in [0, 0.1) is 0 Å². The van der Waals surface area contributed by atoms with Gasteiger partial charge in [0.25, 0.3) is 5.91 Å². The Morgan fingerprint density at radius 3 is 2.30 bits per heavy atom. The number of carbonyl (C=O) groups is 1. The minimum absolute atomic E-state index is 0.0219. The van der Waals surface area contributed by atoms with Gasteiger partial charge in [-0.2, -0.15) is 0 Å². The first-order valence-electron chi connectivity index (χ1n) is 6.83. The topological polar surface area (TPSA) is 29.1 Å². The fraction of sp³-hybridized carbons (Fsp3) is 0.353. The molecule has 1 atom stereocenters. The standard InChI is InChI=1S/C17H21NOS/c1-12(15-6-5-11-20-15)18-16(19)13-7-9-14(10-8-13)17(2,3)4/h5-12H,1-4H3,(H,18,19)/t12-/m1/s1. The van der Waals surface area contributed by atoms with Gasteiger partial charge in [-0.05, 0) is 41.5 Å². The normalized spacial score (nSPS) is 13.0. The van der Waals surface area contributed by atoms with Crippen LogP contribution in [0.2, 0.25) is 0 Å². The molecule has 0 spiro atoms. The fourth-order valence-corrected chi connectivity index (χ4v) is 2.74. The van der Waals surface area contributed by atoms with Crippen LogP contribution in [-0.4, -0.2) is 5.91 Å². The number of hydrogen-bond acceptors (Lipinski definition) is 2. The molecular weight excluding hydrogens is 266 g/mol. The van der Waals surface area contributed by atoms with E-state index in [-0.39, 0.29) is 17.4 Å². The molecular formula is C17H21NOS. The highest BCUT2D eigenvalue weighted by Gasteiger charge is 2.15. The molecule has 106 valence electrons. The number of rotatable bonds is 3. The number of benzene rings is 1. The Hall–Kier alpha value is -1.61. The van der Waals surface area contributed by atoms with Gasteiger partial charge in [-0.25, -0.2) is 0 Å². The Balaban J connectivity index is 2.06. The minimum Gasteiger partial charge on any atom is -0.345 e. The highest BCUT2D eigenvalue weighted by Crippen LogP contribution is 2.23. The van der Waals surface area contributed by atoms with Gasteiger partial charge >= 0.3 is 0 Å². The van der Waals surface area contributed by atoms with E-state index >= 15 is 0 Å². The van der Waals surface area contributed by atoms with Crippen molar-refractivity contribution < 1.29 is 4.79 Å². The summed E-state index contributed by atoms with van der Waals surface area (Å²) < 4.78 is 0. The van der Waals surface area contributed by atoms with Gasteiger partial charge in [0.2, 0.25) is 0 Å². The molecule has 1 N–H and O–H groups in total. The first-order valence-corrected chi connectivity index (χ1v) is 7.71. The number of hydrogen-bond donors (Lipinski definition) is 1. The maximum atomic E-state index is 12.2. The average molecular weight is 287 g/mol. The van der Waals surface area contributed by atoms with E-state index < -0.39 is 0 Å². The van der Waals surface area contributed by atoms with Gasteiger partial charge in [0.1, 0.15) is 0 Å². The minimum atomic E-state index is -0.0219. The van der Waals surface area contributed by atoms with E-state index in [0.29, 0.717) is 5.56 Å². The van der Waals surface area contributed by atoms with Crippen LogP contribution in [-0.2, 0) is 5.41 Å². The summed E-state index contributed by atoms with van der Waals surface area (Å²) in [6.07, 6.45) is 0. The molecule has 0 saturated heterocycles. The summed E-state index contributed by atoms with van der Waals surface area (Å²) in [4.78, 5) is 13.4. The molecule has 1 heterocycles. The van der Waals surface area contributed by atoms with Gasteiger partial charge in [0.05, 0.1) is 6.04 Å². The molecule has 0 saturated carbocycles. The molecule has 2 nitrogen and oxygen atoms in total. The van der Waals surface area contributed by atoms with Crippen LogP contribution in [0.25, 0.3) is 0 Å². The molecule has 0 fully saturated rings. The third-order valence-electron chi connectivity index (χ3n) is 3.33. The van der Waals surface area contributed by atoms with Gasteiger partial charge in [-0.15, -0.1) is 11.3 Å². The van der Waals surface area contributed by atoms with E-state index in [1.165, 1.54) is 10.4 Å². The van der Waals surface area contributed by atoms with Crippen LogP contribution in [0.4, 0.5) is 0 Å². The van der Waals surface area contributed by atoms with E-state index in [0.717, 1.165) is 0 Å². The van der Waals surface area contributed by atoms with Gasteiger partial charge in [0.15, 0.2) is 0 Å². The van der Waals surface area contributed by atoms with Gasteiger partial charge < -0.3 is 5.32 Å². The second-order valence-electron chi connectivity index (χ2n) is 6.04. The molecule has 0 aliphatic rings. The van der Waals surface area contributed by atoms with Crippen molar-refractivity contribution in [3.8, 4) is 0 Å². The largest absolute Gasteiger partial charge is 0.345 e. The molecule has 0 aliphatic heterocycles. The summed E-state index contributed by atoms with van der Waals surface area (Å²) in [5, 5.41) is 5.05. The summed E-state index contributed by atoms with van der Waals surface area (Å²) in [7, 11) is 0. The number of nitrogens with one attached hydrogen (secondary N) is 1. The fourth-order valence-electron chi connectivity index (χ4n) is 2.01. The second kappa shape index (κ2) is 5.80. The maximum absolute atomic E-state index is 12.2. The lowest BCUT2D eigenvalue weighted by Crippen LogP contribution is -2.26. The monoisotopic (exact) mass is 287 g/mol. The van der Waals surface area contributed by atoms with Crippen LogP contribution in [0.3, 0.4) is 0 Å². The Morgan fingerprint density at radius 2 is 1.80 bits per heavy atom. The van der Waals surface area contributed by atoms with E-state index in [1.54, 1.807) is 11.3 Å². The molecule has 2 aromatic rings.